The minimum absolute atomic E-state index is 0.523. The summed E-state index contributed by atoms with van der Waals surface area (Å²) in [7, 11) is 0. The average Bonchev–Trinajstić information content (AvgIpc) is 2.30. The van der Waals surface area contributed by atoms with Crippen molar-refractivity contribution in [3.63, 3.8) is 0 Å². The minimum atomic E-state index is 0.523. The van der Waals surface area contributed by atoms with Gasteiger partial charge in [0.25, 0.3) is 0 Å². The van der Waals surface area contributed by atoms with Crippen LogP contribution in [0.4, 0.5) is 11.4 Å². The van der Waals surface area contributed by atoms with Crippen LogP contribution in [0.25, 0.3) is 0 Å². The molecule has 0 aliphatic carbocycles. The van der Waals surface area contributed by atoms with E-state index in [0.717, 1.165) is 18.9 Å². The first-order valence-corrected chi connectivity index (χ1v) is 6.37. The summed E-state index contributed by atoms with van der Waals surface area (Å²) in [6.45, 7) is 6.36. The normalized spacial score (nSPS) is 22.5. The summed E-state index contributed by atoms with van der Waals surface area (Å²) >= 11 is 0. The van der Waals surface area contributed by atoms with Gasteiger partial charge in [-0.25, -0.2) is 0 Å². The Morgan fingerprint density at radius 2 is 1.94 bits per heavy atom. The van der Waals surface area contributed by atoms with Crippen LogP contribution in [0.3, 0.4) is 0 Å². The Bertz CT molecular complexity index is 416. The summed E-state index contributed by atoms with van der Waals surface area (Å²) < 4.78 is 5.45. The van der Waals surface area contributed by atoms with E-state index in [0.29, 0.717) is 5.41 Å². The number of nitrogens with two attached hydrogens (primary N) is 1. The highest BCUT2D eigenvalue weighted by molar-refractivity contribution is 5.62. The first-order chi connectivity index (χ1) is 8.19. The number of nitrogens with zero attached hydrogens (tertiary/aromatic N) is 1. The fraction of sp³-hybridized carbons (Fsp3) is 0.571. The molecule has 2 saturated heterocycles. The van der Waals surface area contributed by atoms with Crippen molar-refractivity contribution in [3.8, 4) is 0 Å². The Balaban J connectivity index is 1.74. The van der Waals surface area contributed by atoms with Gasteiger partial charge in [-0.3, -0.25) is 0 Å². The molecule has 92 valence electrons. The number of ether oxygens (including phenoxy) is 1. The highest BCUT2D eigenvalue weighted by atomic mass is 16.5. The lowest BCUT2D eigenvalue weighted by Crippen LogP contribution is -2.58. The van der Waals surface area contributed by atoms with E-state index in [1.54, 1.807) is 0 Å². The zero-order valence-corrected chi connectivity index (χ0v) is 10.4. The zero-order chi connectivity index (χ0) is 11.9. The molecule has 0 aromatic heterocycles. The van der Waals surface area contributed by atoms with Gasteiger partial charge in [0.2, 0.25) is 0 Å². The van der Waals surface area contributed by atoms with E-state index in [-0.39, 0.29) is 0 Å². The zero-order valence-electron chi connectivity index (χ0n) is 10.4. The van der Waals surface area contributed by atoms with Crippen LogP contribution >= 0.6 is 0 Å². The molecule has 3 nitrogen and oxygen atoms in total. The Kier molecular flexibility index (Phi) is 2.51. The van der Waals surface area contributed by atoms with Crippen LogP contribution in [0.15, 0.2) is 18.2 Å². The molecule has 1 aromatic rings. The fourth-order valence-electron chi connectivity index (χ4n) is 3.02. The number of anilines is 2. The van der Waals surface area contributed by atoms with Gasteiger partial charge in [-0.05, 0) is 37.5 Å². The van der Waals surface area contributed by atoms with Crippen molar-refractivity contribution in [2.45, 2.75) is 19.8 Å². The standard InChI is InChI=1S/C14H20N2O/c1-11-2-3-12(15)8-13(11)16-9-14(10-16)4-6-17-7-5-14/h2-3,8H,4-7,9-10,15H2,1H3. The van der Waals surface area contributed by atoms with E-state index in [9.17, 15) is 0 Å². The molecule has 0 atom stereocenters. The molecule has 2 aliphatic rings. The van der Waals surface area contributed by atoms with E-state index in [4.69, 9.17) is 10.5 Å². The van der Waals surface area contributed by atoms with Crippen molar-refractivity contribution in [1.82, 2.24) is 0 Å². The van der Waals surface area contributed by atoms with Crippen molar-refractivity contribution in [2.75, 3.05) is 36.9 Å². The lowest BCUT2D eigenvalue weighted by Gasteiger charge is -2.53. The molecule has 17 heavy (non-hydrogen) atoms. The van der Waals surface area contributed by atoms with E-state index in [2.05, 4.69) is 24.0 Å². The van der Waals surface area contributed by atoms with Crippen molar-refractivity contribution < 1.29 is 4.74 Å². The predicted octanol–water partition coefficient (Wildman–Crippen LogP) is 2.19. The molecule has 0 saturated carbocycles. The highest BCUT2D eigenvalue weighted by Crippen LogP contribution is 2.43. The molecular weight excluding hydrogens is 212 g/mol. The molecule has 2 aliphatic heterocycles. The Morgan fingerprint density at radius 3 is 2.65 bits per heavy atom. The lowest BCUT2D eigenvalue weighted by atomic mass is 9.73. The van der Waals surface area contributed by atoms with Crippen LogP contribution in [0, 0.1) is 12.3 Å². The van der Waals surface area contributed by atoms with Crippen molar-refractivity contribution in [3.05, 3.63) is 23.8 Å². The molecule has 0 bridgehead atoms. The van der Waals surface area contributed by atoms with Crippen LogP contribution in [-0.2, 0) is 4.74 Å². The predicted molar refractivity (Wildman–Crippen MR) is 70.3 cm³/mol. The van der Waals surface area contributed by atoms with Gasteiger partial charge in [-0.15, -0.1) is 0 Å². The summed E-state index contributed by atoms with van der Waals surface area (Å²) in [5.74, 6) is 0. The van der Waals surface area contributed by atoms with Crippen molar-refractivity contribution in [2.24, 2.45) is 5.41 Å². The van der Waals surface area contributed by atoms with Crippen LogP contribution in [0.1, 0.15) is 18.4 Å². The summed E-state index contributed by atoms with van der Waals surface area (Å²) in [6.07, 6.45) is 2.43. The van der Waals surface area contributed by atoms with Crippen LogP contribution in [0.2, 0.25) is 0 Å². The van der Waals surface area contributed by atoms with E-state index in [1.165, 1.54) is 37.2 Å². The Morgan fingerprint density at radius 1 is 1.24 bits per heavy atom. The van der Waals surface area contributed by atoms with Crippen molar-refractivity contribution >= 4 is 11.4 Å². The Hall–Kier alpha value is -1.22. The molecule has 0 amide bonds. The van der Waals surface area contributed by atoms with E-state index < -0.39 is 0 Å². The third kappa shape index (κ3) is 1.89. The second-order valence-corrected chi connectivity index (χ2v) is 5.51. The summed E-state index contributed by atoms with van der Waals surface area (Å²) in [5, 5.41) is 0. The lowest BCUT2D eigenvalue weighted by molar-refractivity contribution is -0.000221. The van der Waals surface area contributed by atoms with Gasteiger partial charge in [-0.1, -0.05) is 6.07 Å². The number of hydrogen-bond donors (Lipinski definition) is 1. The van der Waals surface area contributed by atoms with E-state index >= 15 is 0 Å². The third-order valence-corrected chi connectivity index (χ3v) is 4.18. The highest BCUT2D eigenvalue weighted by Gasteiger charge is 2.44. The van der Waals surface area contributed by atoms with Gasteiger partial charge < -0.3 is 15.4 Å². The van der Waals surface area contributed by atoms with Gasteiger partial charge >= 0.3 is 0 Å². The number of nitrogen functional groups attached to an aromatic ring is 1. The van der Waals surface area contributed by atoms with Crippen molar-refractivity contribution in [1.29, 1.82) is 0 Å². The molecule has 2 N–H and O–H groups in total. The monoisotopic (exact) mass is 232 g/mol. The third-order valence-electron chi connectivity index (χ3n) is 4.18. The molecule has 0 unspecified atom stereocenters. The maximum Gasteiger partial charge on any atom is 0.0472 e. The number of rotatable bonds is 1. The number of aryl methyl sites for hydroxylation is 1. The fourth-order valence-corrected chi connectivity index (χ4v) is 3.02. The molecule has 2 fully saturated rings. The maximum absolute atomic E-state index is 5.87. The number of benzene rings is 1. The van der Waals surface area contributed by atoms with Gasteiger partial charge in [0.05, 0.1) is 0 Å². The molecule has 3 heteroatoms. The largest absolute Gasteiger partial charge is 0.399 e. The minimum Gasteiger partial charge on any atom is -0.399 e. The summed E-state index contributed by atoms with van der Waals surface area (Å²) in [6, 6.07) is 6.18. The topological polar surface area (TPSA) is 38.5 Å². The molecular formula is C14H20N2O. The van der Waals surface area contributed by atoms with Gasteiger partial charge in [0.15, 0.2) is 0 Å². The summed E-state index contributed by atoms with van der Waals surface area (Å²) in [4.78, 5) is 2.46. The molecule has 1 spiro atoms. The van der Waals surface area contributed by atoms with Gasteiger partial charge in [0.1, 0.15) is 0 Å². The second kappa shape index (κ2) is 3.91. The molecule has 1 aromatic carbocycles. The first-order valence-electron chi connectivity index (χ1n) is 6.37. The first kappa shape index (κ1) is 10.9. The maximum atomic E-state index is 5.87. The Labute approximate surface area is 103 Å². The molecule has 3 rings (SSSR count). The van der Waals surface area contributed by atoms with E-state index in [1.807, 2.05) is 6.07 Å². The second-order valence-electron chi connectivity index (χ2n) is 5.51. The van der Waals surface area contributed by atoms with Crippen LogP contribution in [0.5, 0.6) is 0 Å². The molecule has 2 heterocycles. The van der Waals surface area contributed by atoms with Gasteiger partial charge in [0, 0.05) is 43.1 Å². The van der Waals surface area contributed by atoms with Crippen LogP contribution in [-0.4, -0.2) is 26.3 Å². The van der Waals surface area contributed by atoms with Gasteiger partial charge in [-0.2, -0.15) is 0 Å². The quantitative estimate of drug-likeness (QED) is 0.754. The smallest absolute Gasteiger partial charge is 0.0472 e. The van der Waals surface area contributed by atoms with Crippen LogP contribution < -0.4 is 10.6 Å². The number of hydrogen-bond acceptors (Lipinski definition) is 3. The summed E-state index contributed by atoms with van der Waals surface area (Å²) in [5.41, 5.74) is 9.88. The molecule has 0 radical (unpaired) electrons. The average molecular weight is 232 g/mol. The SMILES string of the molecule is Cc1ccc(N)cc1N1CC2(CCOCC2)C1.